The second kappa shape index (κ2) is 7.92. The van der Waals surface area contributed by atoms with Crippen molar-refractivity contribution in [2.75, 3.05) is 19.1 Å². The van der Waals surface area contributed by atoms with Gasteiger partial charge in [0.15, 0.2) is 11.5 Å². The Morgan fingerprint density at radius 3 is 2.37 bits per heavy atom. The van der Waals surface area contributed by atoms with Gasteiger partial charge in [-0.1, -0.05) is 29.8 Å². The third-order valence-corrected chi connectivity index (χ3v) is 5.64. The lowest BCUT2D eigenvalue weighted by atomic mass is 9.86. The first-order valence-corrected chi connectivity index (χ1v) is 9.92. The smallest absolute Gasteiger partial charge is 0.232 e. The van der Waals surface area contributed by atoms with Crippen molar-refractivity contribution >= 4 is 23.2 Å². The number of anilines is 1. The Morgan fingerprint density at radius 1 is 1.00 bits per heavy atom. The Bertz CT molecular complexity index is 1110. The standard InChI is InChI=1S/C24H22ClNO4/c1-14-4-9-19(21(10-14)29-2)26-23(28)12-16-11-22(30-3)20(27)13-18(16)24(26)15-5-7-17(25)8-6-15/h4-11,13,24,27H,12H2,1-3H3. The molecule has 3 aromatic carbocycles. The number of benzene rings is 3. The largest absolute Gasteiger partial charge is 0.504 e. The molecule has 0 spiro atoms. The molecule has 1 amide bonds. The highest BCUT2D eigenvalue weighted by molar-refractivity contribution is 6.30. The number of amides is 1. The van der Waals surface area contributed by atoms with Gasteiger partial charge in [-0.2, -0.15) is 0 Å². The van der Waals surface area contributed by atoms with Crippen LogP contribution in [-0.2, 0) is 11.2 Å². The number of phenols is 1. The molecule has 154 valence electrons. The summed E-state index contributed by atoms with van der Waals surface area (Å²) in [5, 5.41) is 11.1. The van der Waals surface area contributed by atoms with E-state index in [-0.39, 0.29) is 18.1 Å². The number of carbonyl (C=O) groups excluding carboxylic acids is 1. The van der Waals surface area contributed by atoms with Crippen LogP contribution in [0.4, 0.5) is 5.69 Å². The molecule has 1 N–H and O–H groups in total. The van der Waals surface area contributed by atoms with Crippen LogP contribution in [0, 0.1) is 6.92 Å². The Balaban J connectivity index is 1.96. The minimum atomic E-state index is -0.452. The van der Waals surface area contributed by atoms with E-state index in [1.54, 1.807) is 36.3 Å². The summed E-state index contributed by atoms with van der Waals surface area (Å²) in [6, 6.07) is 16.1. The second-order valence-corrected chi connectivity index (χ2v) is 7.73. The molecule has 0 fully saturated rings. The van der Waals surface area contributed by atoms with Crippen LogP contribution in [-0.4, -0.2) is 25.2 Å². The molecule has 1 unspecified atom stereocenters. The van der Waals surface area contributed by atoms with Gasteiger partial charge in [-0.15, -0.1) is 0 Å². The third-order valence-electron chi connectivity index (χ3n) is 5.38. The fourth-order valence-electron chi connectivity index (χ4n) is 3.96. The molecule has 0 saturated heterocycles. The summed E-state index contributed by atoms with van der Waals surface area (Å²) < 4.78 is 10.8. The third kappa shape index (κ3) is 3.46. The number of ether oxygens (including phenoxy) is 2. The van der Waals surface area contributed by atoms with Crippen LogP contribution in [0.25, 0.3) is 0 Å². The maximum atomic E-state index is 13.4. The Kier molecular flexibility index (Phi) is 5.31. The summed E-state index contributed by atoms with van der Waals surface area (Å²) in [7, 11) is 3.08. The van der Waals surface area contributed by atoms with Crippen molar-refractivity contribution in [2.24, 2.45) is 0 Å². The van der Waals surface area contributed by atoms with Gasteiger partial charge in [0.1, 0.15) is 5.75 Å². The molecule has 0 aliphatic carbocycles. The van der Waals surface area contributed by atoms with Gasteiger partial charge in [0.2, 0.25) is 5.91 Å². The molecule has 5 nitrogen and oxygen atoms in total. The van der Waals surface area contributed by atoms with E-state index in [0.717, 1.165) is 22.3 Å². The number of aromatic hydroxyl groups is 1. The molecule has 1 aliphatic heterocycles. The molecule has 0 saturated carbocycles. The average molecular weight is 424 g/mol. The van der Waals surface area contributed by atoms with Gasteiger partial charge in [0.05, 0.1) is 32.4 Å². The Labute approximate surface area is 180 Å². The number of phenolic OH excluding ortho intramolecular Hbond substituents is 1. The minimum Gasteiger partial charge on any atom is -0.504 e. The number of nitrogens with zero attached hydrogens (tertiary/aromatic N) is 1. The summed E-state index contributed by atoms with van der Waals surface area (Å²) >= 11 is 6.11. The van der Waals surface area contributed by atoms with Gasteiger partial charge in [0.25, 0.3) is 0 Å². The molecule has 3 aromatic rings. The first-order chi connectivity index (χ1) is 14.4. The van der Waals surface area contributed by atoms with Crippen LogP contribution in [0.1, 0.15) is 28.3 Å². The zero-order chi connectivity index (χ0) is 21.4. The summed E-state index contributed by atoms with van der Waals surface area (Å²) in [5.74, 6) is 0.916. The highest BCUT2D eigenvalue weighted by Crippen LogP contribution is 2.45. The van der Waals surface area contributed by atoms with E-state index < -0.39 is 6.04 Å². The van der Waals surface area contributed by atoms with E-state index in [0.29, 0.717) is 22.2 Å². The molecular weight excluding hydrogens is 402 g/mol. The van der Waals surface area contributed by atoms with Gasteiger partial charge < -0.3 is 14.6 Å². The zero-order valence-electron chi connectivity index (χ0n) is 17.0. The molecule has 4 rings (SSSR count). The van der Waals surface area contributed by atoms with Crippen molar-refractivity contribution in [2.45, 2.75) is 19.4 Å². The maximum Gasteiger partial charge on any atom is 0.232 e. The monoisotopic (exact) mass is 423 g/mol. The van der Waals surface area contributed by atoms with Gasteiger partial charge in [-0.05, 0) is 65.6 Å². The quantitative estimate of drug-likeness (QED) is 0.638. The number of carbonyl (C=O) groups is 1. The molecule has 0 bridgehead atoms. The van der Waals surface area contributed by atoms with Gasteiger partial charge >= 0.3 is 0 Å². The zero-order valence-corrected chi connectivity index (χ0v) is 17.7. The number of rotatable bonds is 4. The van der Waals surface area contributed by atoms with Crippen molar-refractivity contribution in [1.29, 1.82) is 0 Å². The summed E-state index contributed by atoms with van der Waals surface area (Å²) in [5.41, 5.74) is 4.23. The van der Waals surface area contributed by atoms with Crippen LogP contribution < -0.4 is 14.4 Å². The van der Waals surface area contributed by atoms with Crippen LogP contribution in [0.15, 0.2) is 54.6 Å². The average Bonchev–Trinajstić information content (AvgIpc) is 2.74. The van der Waals surface area contributed by atoms with Gasteiger partial charge in [-0.3, -0.25) is 9.69 Å². The van der Waals surface area contributed by atoms with E-state index in [2.05, 4.69) is 0 Å². The van der Waals surface area contributed by atoms with E-state index in [1.165, 1.54) is 7.11 Å². The van der Waals surface area contributed by atoms with Crippen molar-refractivity contribution in [3.05, 3.63) is 81.9 Å². The van der Waals surface area contributed by atoms with E-state index in [4.69, 9.17) is 21.1 Å². The van der Waals surface area contributed by atoms with Crippen LogP contribution >= 0.6 is 11.6 Å². The number of methoxy groups -OCH3 is 2. The molecule has 1 atom stereocenters. The van der Waals surface area contributed by atoms with Crippen LogP contribution in [0.3, 0.4) is 0 Å². The normalized spacial score (nSPS) is 15.7. The van der Waals surface area contributed by atoms with Crippen molar-refractivity contribution in [3.63, 3.8) is 0 Å². The first kappa shape index (κ1) is 20.1. The first-order valence-electron chi connectivity index (χ1n) is 9.55. The minimum absolute atomic E-state index is 0.0281. The molecule has 1 aliphatic rings. The highest BCUT2D eigenvalue weighted by atomic mass is 35.5. The number of halogens is 1. The van der Waals surface area contributed by atoms with E-state index in [9.17, 15) is 9.90 Å². The van der Waals surface area contributed by atoms with Crippen LogP contribution in [0.5, 0.6) is 17.2 Å². The SMILES string of the molecule is COc1cc2c(cc1O)C(c1ccc(Cl)cc1)N(c1ccc(C)cc1OC)C(=O)C2. The van der Waals surface area contributed by atoms with Gasteiger partial charge in [-0.25, -0.2) is 0 Å². The van der Waals surface area contributed by atoms with Crippen LogP contribution in [0.2, 0.25) is 5.02 Å². The molecule has 0 radical (unpaired) electrons. The number of hydrogen-bond acceptors (Lipinski definition) is 4. The van der Waals surface area contributed by atoms with Crippen molar-refractivity contribution < 1.29 is 19.4 Å². The van der Waals surface area contributed by atoms with Crippen molar-refractivity contribution in [3.8, 4) is 17.2 Å². The van der Waals surface area contributed by atoms with E-state index in [1.807, 2.05) is 37.3 Å². The van der Waals surface area contributed by atoms with Gasteiger partial charge in [0, 0.05) is 5.02 Å². The molecule has 0 aromatic heterocycles. The lowest BCUT2D eigenvalue weighted by Gasteiger charge is -2.38. The molecule has 1 heterocycles. The number of fused-ring (bicyclic) bond motifs is 1. The molecule has 6 heteroatoms. The second-order valence-electron chi connectivity index (χ2n) is 7.29. The van der Waals surface area contributed by atoms with Crippen molar-refractivity contribution in [1.82, 2.24) is 0 Å². The molecule has 30 heavy (non-hydrogen) atoms. The lowest BCUT2D eigenvalue weighted by Crippen LogP contribution is -2.41. The number of hydrogen-bond donors (Lipinski definition) is 1. The fourth-order valence-corrected chi connectivity index (χ4v) is 4.09. The number of aryl methyl sites for hydroxylation is 1. The highest BCUT2D eigenvalue weighted by Gasteiger charge is 2.37. The predicted octanol–water partition coefficient (Wildman–Crippen LogP) is 5.05. The van der Waals surface area contributed by atoms with E-state index >= 15 is 0 Å². The Morgan fingerprint density at radius 2 is 1.70 bits per heavy atom. The lowest BCUT2D eigenvalue weighted by molar-refractivity contribution is -0.118. The summed E-state index contributed by atoms with van der Waals surface area (Å²) in [4.78, 5) is 15.1. The summed E-state index contributed by atoms with van der Waals surface area (Å²) in [6.45, 7) is 1.97. The predicted molar refractivity (Wildman–Crippen MR) is 117 cm³/mol. The topological polar surface area (TPSA) is 59.0 Å². The Hall–Kier alpha value is -3.18. The fraction of sp³-hybridized carbons (Fsp3) is 0.208. The summed E-state index contributed by atoms with van der Waals surface area (Å²) in [6.07, 6.45) is 0.188. The molecular formula is C24H22ClNO4. The maximum absolute atomic E-state index is 13.4.